The van der Waals surface area contributed by atoms with Gasteiger partial charge in [0.05, 0.1) is 37.9 Å². The summed E-state index contributed by atoms with van der Waals surface area (Å²) in [5, 5.41) is 8.49. The number of fused-ring (bicyclic) bond motifs is 2. The van der Waals surface area contributed by atoms with Gasteiger partial charge in [-0.2, -0.15) is 10.2 Å². The largest absolute Gasteiger partial charge is 0.342 e. The summed E-state index contributed by atoms with van der Waals surface area (Å²) in [6, 6.07) is 3.36. The number of aromatic nitrogens is 8. The molecule has 0 radical (unpaired) electrons. The summed E-state index contributed by atoms with van der Waals surface area (Å²) in [7, 11) is 3.51. The molecule has 2 amide bonds. The maximum atomic E-state index is 13.5. The van der Waals surface area contributed by atoms with Crippen LogP contribution in [0, 0.1) is 46.7 Å². The summed E-state index contributed by atoms with van der Waals surface area (Å²) in [5.41, 5.74) is 3.79. The van der Waals surface area contributed by atoms with E-state index in [0.717, 1.165) is 60.1 Å². The number of carbonyl (C=O) groups excluding carboxylic acids is 2. The van der Waals surface area contributed by atoms with Crippen molar-refractivity contribution in [1.82, 2.24) is 39.5 Å². The van der Waals surface area contributed by atoms with E-state index in [9.17, 15) is 35.9 Å². The minimum absolute atomic E-state index is 0.0466. The zero-order valence-corrected chi connectivity index (χ0v) is 40.6. The van der Waals surface area contributed by atoms with Gasteiger partial charge in [0.2, 0.25) is 11.8 Å². The normalized spacial score (nSPS) is 15.8. The number of aryl methyl sites for hydroxylation is 4. The Morgan fingerprint density at radius 1 is 0.529 bits per heavy atom. The Balaban J connectivity index is 0.000000206. The third kappa shape index (κ3) is 11.4. The van der Waals surface area contributed by atoms with Crippen molar-refractivity contribution in [3.63, 3.8) is 0 Å². The second-order valence-electron chi connectivity index (χ2n) is 18.6. The lowest BCUT2D eigenvalue weighted by molar-refractivity contribution is -0.120. The highest BCUT2D eigenvalue weighted by atomic mass is 19.2. The summed E-state index contributed by atoms with van der Waals surface area (Å²) in [4.78, 5) is 51.8. The minimum atomic E-state index is -1.48. The number of benzene rings is 2. The number of hydrogen-bond donors (Lipinski definition) is 0. The number of likely N-dealkylation sites (N-methyl/N-ethyl adjacent to an activating group) is 2. The van der Waals surface area contributed by atoms with E-state index in [2.05, 4.69) is 57.7 Å². The van der Waals surface area contributed by atoms with Gasteiger partial charge in [0.25, 0.3) is 0 Å². The van der Waals surface area contributed by atoms with E-state index in [1.807, 2.05) is 13.8 Å². The van der Waals surface area contributed by atoms with Crippen molar-refractivity contribution < 1.29 is 35.9 Å². The van der Waals surface area contributed by atoms with Gasteiger partial charge in [-0.25, -0.2) is 46.3 Å². The number of nitrogens with zero attached hydrogens (tertiary/aromatic N) is 12. The molecule has 2 aliphatic heterocycles. The first-order chi connectivity index (χ1) is 33.3. The lowest BCUT2D eigenvalue weighted by atomic mass is 10.0. The van der Waals surface area contributed by atoms with Crippen LogP contribution >= 0.6 is 0 Å². The minimum Gasteiger partial charge on any atom is -0.342 e. The van der Waals surface area contributed by atoms with E-state index >= 15 is 0 Å². The fourth-order valence-corrected chi connectivity index (χ4v) is 8.72. The van der Waals surface area contributed by atoms with Crippen LogP contribution in [0.25, 0.3) is 0 Å². The highest BCUT2D eigenvalue weighted by Gasteiger charge is 2.38. The van der Waals surface area contributed by atoms with Crippen LogP contribution in [-0.4, -0.2) is 90.6 Å². The summed E-state index contributed by atoms with van der Waals surface area (Å²) < 4.78 is 83.4. The zero-order valence-electron chi connectivity index (χ0n) is 40.6. The molecule has 70 heavy (non-hydrogen) atoms. The molecule has 20 heteroatoms. The Hall–Kier alpha value is -6.86. The Bertz CT molecular complexity index is 2600. The molecule has 2 atom stereocenters. The topological polar surface area (TPSA) is 134 Å². The Labute approximate surface area is 403 Å². The molecule has 0 N–H and O–H groups in total. The van der Waals surface area contributed by atoms with E-state index in [1.54, 1.807) is 70.4 Å². The van der Waals surface area contributed by atoms with Crippen molar-refractivity contribution in [3.05, 3.63) is 130 Å². The molecule has 0 unspecified atom stereocenters. The molecule has 14 nitrogen and oxygen atoms in total. The first-order valence-electron chi connectivity index (χ1n) is 23.4. The van der Waals surface area contributed by atoms with Crippen LogP contribution in [0.2, 0.25) is 0 Å². The van der Waals surface area contributed by atoms with Gasteiger partial charge in [-0.15, -0.1) is 0 Å². The summed E-state index contributed by atoms with van der Waals surface area (Å²) in [6.45, 7) is 14.1. The maximum Gasteiger partial charge on any atom is 0.249 e. The first kappa shape index (κ1) is 51.0. The molecule has 0 fully saturated rings. The molecule has 0 spiro atoms. The third-order valence-electron chi connectivity index (χ3n) is 12.2. The number of hydrogen-bond acceptors (Lipinski definition) is 10. The summed E-state index contributed by atoms with van der Waals surface area (Å²) >= 11 is 0. The van der Waals surface area contributed by atoms with Crippen LogP contribution < -0.4 is 19.6 Å². The van der Waals surface area contributed by atoms with Gasteiger partial charge in [0.1, 0.15) is 35.1 Å². The smallest absolute Gasteiger partial charge is 0.249 e. The van der Waals surface area contributed by atoms with Gasteiger partial charge in [0.15, 0.2) is 46.5 Å². The highest BCUT2D eigenvalue weighted by Crippen LogP contribution is 2.36. The Kier molecular flexibility index (Phi) is 15.9. The summed E-state index contributed by atoms with van der Waals surface area (Å²) in [5.74, 6) is -4.17. The van der Waals surface area contributed by atoms with Gasteiger partial charge in [-0.1, -0.05) is 41.5 Å². The molecule has 8 rings (SSSR count). The second kappa shape index (κ2) is 21.8. The lowest BCUT2D eigenvalue weighted by Crippen LogP contribution is -2.53. The third-order valence-corrected chi connectivity index (χ3v) is 12.2. The molecule has 0 saturated heterocycles. The maximum absolute atomic E-state index is 13.5. The van der Waals surface area contributed by atoms with Crippen molar-refractivity contribution in [1.29, 1.82) is 0 Å². The van der Waals surface area contributed by atoms with Gasteiger partial charge in [0, 0.05) is 52.4 Å². The number of halogens is 6. The van der Waals surface area contributed by atoms with Crippen LogP contribution in [0.5, 0.6) is 0 Å². The van der Waals surface area contributed by atoms with Crippen molar-refractivity contribution in [2.24, 2.45) is 11.8 Å². The Morgan fingerprint density at radius 2 is 0.886 bits per heavy atom. The second-order valence-corrected chi connectivity index (χ2v) is 18.6. The van der Waals surface area contributed by atoms with E-state index in [1.165, 1.54) is 0 Å². The molecule has 372 valence electrons. The lowest BCUT2D eigenvalue weighted by Gasteiger charge is -2.41. The molecular formula is C50H58F6N12O2. The molecule has 0 bridgehead atoms. The average Bonchev–Trinajstić information content (AvgIpc) is 3.98. The van der Waals surface area contributed by atoms with Gasteiger partial charge < -0.3 is 19.6 Å². The van der Waals surface area contributed by atoms with Crippen molar-refractivity contribution >= 4 is 34.8 Å². The number of amides is 2. The molecule has 0 aliphatic carbocycles. The standard InChI is InChI=1S/2C25H29F3N6O/c2*1-5-20-25(35)32(4)21-11-29-22(31-24(21)34(20)12-15(2)3)7-6-16-10-30-33(13-16)14-17-8-18(26)23(28)19(27)9-17/h2*8-11,13,15,20H,5-7,12,14H2,1-4H3/t2*20-/m10/s1. The predicted octanol–water partition coefficient (Wildman–Crippen LogP) is 8.28. The molecule has 4 aromatic heterocycles. The van der Waals surface area contributed by atoms with Gasteiger partial charge >= 0.3 is 0 Å². The SMILES string of the molecule is CC[C@@H]1C(=O)N(C)c2cnc(CCc3cnn(Cc4cc(F)c(F)c(F)c4)c3)nc2N1CC(C)C.CC[C@H]1C(=O)N(C)c2cnc(CCc3cnn(Cc4cc(F)c(F)c(F)c4)c3)nc2N1CC(C)C. The van der Waals surface area contributed by atoms with E-state index in [4.69, 9.17) is 9.97 Å². The predicted molar refractivity (Wildman–Crippen MR) is 254 cm³/mol. The zero-order chi connectivity index (χ0) is 50.6. The van der Waals surface area contributed by atoms with Crippen LogP contribution in [0.1, 0.15) is 88.3 Å². The number of carbonyl (C=O) groups is 2. The molecular weight excluding hydrogens is 915 g/mol. The Morgan fingerprint density at radius 3 is 1.21 bits per heavy atom. The van der Waals surface area contributed by atoms with Crippen LogP contribution in [0.4, 0.5) is 49.4 Å². The molecule has 0 saturated carbocycles. The first-order valence-corrected chi connectivity index (χ1v) is 23.4. The van der Waals surface area contributed by atoms with E-state index in [0.29, 0.717) is 73.4 Å². The quantitative estimate of drug-likeness (QED) is 0.0690. The van der Waals surface area contributed by atoms with E-state index < -0.39 is 34.9 Å². The van der Waals surface area contributed by atoms with Gasteiger partial charge in [-0.3, -0.25) is 19.0 Å². The van der Waals surface area contributed by atoms with Crippen molar-refractivity contribution in [2.75, 3.05) is 46.8 Å². The van der Waals surface area contributed by atoms with Crippen LogP contribution in [0.15, 0.2) is 61.4 Å². The average molecular weight is 973 g/mol. The fourth-order valence-electron chi connectivity index (χ4n) is 8.72. The van der Waals surface area contributed by atoms with Crippen LogP contribution in [-0.2, 0) is 48.4 Å². The molecule has 2 aliphatic rings. The molecule has 2 aromatic carbocycles. The summed E-state index contributed by atoms with van der Waals surface area (Å²) in [6.07, 6.45) is 14.0. The fraction of sp³-hybridized carbons (Fsp3) is 0.440. The van der Waals surface area contributed by atoms with E-state index in [-0.39, 0.29) is 48.1 Å². The highest BCUT2D eigenvalue weighted by molar-refractivity contribution is 6.05. The number of rotatable bonds is 16. The van der Waals surface area contributed by atoms with Gasteiger partial charge in [-0.05, 0) is 84.0 Å². The molecule has 6 aromatic rings. The molecule has 6 heterocycles. The van der Waals surface area contributed by atoms with Crippen molar-refractivity contribution in [3.8, 4) is 0 Å². The monoisotopic (exact) mass is 972 g/mol. The van der Waals surface area contributed by atoms with Crippen molar-refractivity contribution in [2.45, 2.75) is 105 Å². The van der Waals surface area contributed by atoms with Crippen LogP contribution in [0.3, 0.4) is 0 Å². The number of anilines is 4.